The second-order valence-corrected chi connectivity index (χ2v) is 4.88. The van der Waals surface area contributed by atoms with Crippen molar-refractivity contribution in [2.45, 2.75) is 39.2 Å². The molecule has 0 saturated heterocycles. The van der Waals surface area contributed by atoms with Crippen molar-refractivity contribution in [2.24, 2.45) is 0 Å². The standard InChI is InChI=1S/C10H17BrN2/c1-8(2)13-6-9(5-12-13)10(3,4)7-11/h5-6,8H,7H2,1-4H3. The van der Waals surface area contributed by atoms with Gasteiger partial charge in [-0.2, -0.15) is 5.10 Å². The monoisotopic (exact) mass is 244 g/mol. The first-order valence-electron chi connectivity index (χ1n) is 4.58. The van der Waals surface area contributed by atoms with Crippen LogP contribution in [0.3, 0.4) is 0 Å². The van der Waals surface area contributed by atoms with Crippen LogP contribution in [0.25, 0.3) is 0 Å². The van der Waals surface area contributed by atoms with Gasteiger partial charge in [-0.25, -0.2) is 0 Å². The van der Waals surface area contributed by atoms with Gasteiger partial charge in [0.1, 0.15) is 0 Å². The molecule has 1 rings (SSSR count). The van der Waals surface area contributed by atoms with Gasteiger partial charge in [0.2, 0.25) is 0 Å². The van der Waals surface area contributed by atoms with E-state index in [0.717, 1.165) is 5.33 Å². The maximum atomic E-state index is 4.33. The molecular formula is C10H17BrN2. The number of halogens is 1. The Kier molecular flexibility index (Phi) is 3.17. The molecule has 0 bridgehead atoms. The van der Waals surface area contributed by atoms with Crippen molar-refractivity contribution >= 4 is 15.9 Å². The first-order valence-corrected chi connectivity index (χ1v) is 5.70. The second kappa shape index (κ2) is 3.82. The van der Waals surface area contributed by atoms with Gasteiger partial charge < -0.3 is 0 Å². The van der Waals surface area contributed by atoms with E-state index in [1.807, 2.05) is 10.9 Å². The van der Waals surface area contributed by atoms with E-state index < -0.39 is 0 Å². The first kappa shape index (κ1) is 10.8. The summed E-state index contributed by atoms with van der Waals surface area (Å²) < 4.78 is 2.00. The third kappa shape index (κ3) is 2.33. The zero-order chi connectivity index (χ0) is 10.1. The summed E-state index contributed by atoms with van der Waals surface area (Å²) in [5, 5.41) is 5.29. The minimum atomic E-state index is 0.174. The van der Waals surface area contributed by atoms with Gasteiger partial charge in [0.15, 0.2) is 0 Å². The Morgan fingerprint density at radius 2 is 2.15 bits per heavy atom. The molecule has 3 heteroatoms. The molecule has 0 aliphatic heterocycles. The highest BCUT2D eigenvalue weighted by Crippen LogP contribution is 2.25. The second-order valence-electron chi connectivity index (χ2n) is 4.32. The summed E-state index contributed by atoms with van der Waals surface area (Å²) in [5.41, 5.74) is 1.46. The van der Waals surface area contributed by atoms with E-state index in [9.17, 15) is 0 Å². The lowest BCUT2D eigenvalue weighted by Crippen LogP contribution is -2.17. The smallest absolute Gasteiger partial charge is 0.0527 e. The highest BCUT2D eigenvalue weighted by atomic mass is 79.9. The number of nitrogens with zero attached hydrogens (tertiary/aromatic N) is 2. The molecule has 0 atom stereocenters. The van der Waals surface area contributed by atoms with Gasteiger partial charge in [-0.05, 0) is 19.4 Å². The number of aromatic nitrogens is 2. The van der Waals surface area contributed by atoms with Crippen molar-refractivity contribution in [3.8, 4) is 0 Å². The zero-order valence-electron chi connectivity index (χ0n) is 8.71. The molecular weight excluding hydrogens is 228 g/mol. The van der Waals surface area contributed by atoms with Crippen LogP contribution in [0, 0.1) is 0 Å². The average Bonchev–Trinajstić information content (AvgIpc) is 2.52. The molecule has 0 aliphatic rings. The molecule has 0 spiro atoms. The summed E-state index contributed by atoms with van der Waals surface area (Å²) in [4.78, 5) is 0. The molecule has 1 heterocycles. The van der Waals surface area contributed by atoms with Crippen molar-refractivity contribution < 1.29 is 0 Å². The molecule has 0 saturated carbocycles. The summed E-state index contributed by atoms with van der Waals surface area (Å²) >= 11 is 3.52. The summed E-state index contributed by atoms with van der Waals surface area (Å²) in [6.45, 7) is 8.70. The van der Waals surface area contributed by atoms with Crippen molar-refractivity contribution in [3.63, 3.8) is 0 Å². The predicted octanol–water partition coefficient (Wildman–Crippen LogP) is 3.14. The van der Waals surface area contributed by atoms with Crippen LogP contribution in [0.2, 0.25) is 0 Å². The lowest BCUT2D eigenvalue weighted by atomic mass is 9.90. The van der Waals surface area contributed by atoms with Crippen LogP contribution in [-0.4, -0.2) is 15.1 Å². The molecule has 0 aromatic carbocycles. The fraction of sp³-hybridized carbons (Fsp3) is 0.700. The molecule has 1 aromatic rings. The number of rotatable bonds is 3. The van der Waals surface area contributed by atoms with Gasteiger partial charge in [-0.3, -0.25) is 4.68 Å². The Labute approximate surface area is 88.5 Å². The van der Waals surface area contributed by atoms with E-state index in [-0.39, 0.29) is 5.41 Å². The third-order valence-electron chi connectivity index (χ3n) is 2.25. The molecule has 0 N–H and O–H groups in total. The molecule has 0 amide bonds. The molecule has 2 nitrogen and oxygen atoms in total. The lowest BCUT2D eigenvalue weighted by molar-refractivity contribution is 0.529. The lowest BCUT2D eigenvalue weighted by Gasteiger charge is -2.19. The van der Waals surface area contributed by atoms with E-state index in [0.29, 0.717) is 6.04 Å². The first-order chi connectivity index (χ1) is 5.97. The van der Waals surface area contributed by atoms with E-state index in [4.69, 9.17) is 0 Å². The molecule has 0 fully saturated rings. The van der Waals surface area contributed by atoms with Crippen LogP contribution in [-0.2, 0) is 5.41 Å². The quantitative estimate of drug-likeness (QED) is 0.748. The van der Waals surface area contributed by atoms with Crippen molar-refractivity contribution in [1.82, 2.24) is 9.78 Å². The van der Waals surface area contributed by atoms with Crippen LogP contribution < -0.4 is 0 Å². The van der Waals surface area contributed by atoms with Crippen LogP contribution in [0.5, 0.6) is 0 Å². The van der Waals surface area contributed by atoms with Crippen LogP contribution >= 0.6 is 15.9 Å². The van der Waals surface area contributed by atoms with Gasteiger partial charge in [0, 0.05) is 23.0 Å². The van der Waals surface area contributed by atoms with Gasteiger partial charge in [0.05, 0.1) is 6.20 Å². The fourth-order valence-electron chi connectivity index (χ4n) is 1.05. The van der Waals surface area contributed by atoms with Crippen LogP contribution in [0.15, 0.2) is 12.4 Å². The van der Waals surface area contributed by atoms with E-state index in [1.54, 1.807) is 0 Å². The average molecular weight is 245 g/mol. The number of hydrogen-bond donors (Lipinski definition) is 0. The van der Waals surface area contributed by atoms with Crippen molar-refractivity contribution in [1.29, 1.82) is 0 Å². The molecule has 0 aliphatic carbocycles. The Hall–Kier alpha value is -0.310. The minimum absolute atomic E-state index is 0.174. The summed E-state index contributed by atoms with van der Waals surface area (Å²) in [7, 11) is 0. The van der Waals surface area contributed by atoms with Crippen LogP contribution in [0.4, 0.5) is 0 Å². The predicted molar refractivity (Wildman–Crippen MR) is 59.4 cm³/mol. The third-order valence-corrected chi connectivity index (χ3v) is 3.65. The maximum absolute atomic E-state index is 4.33. The Morgan fingerprint density at radius 1 is 1.54 bits per heavy atom. The van der Waals surface area contributed by atoms with Crippen molar-refractivity contribution in [3.05, 3.63) is 18.0 Å². The summed E-state index contributed by atoms with van der Waals surface area (Å²) in [6, 6.07) is 0.444. The summed E-state index contributed by atoms with van der Waals surface area (Å²) in [5.74, 6) is 0. The minimum Gasteiger partial charge on any atom is -0.270 e. The highest BCUT2D eigenvalue weighted by Gasteiger charge is 2.20. The van der Waals surface area contributed by atoms with Gasteiger partial charge >= 0.3 is 0 Å². The number of alkyl halides is 1. The zero-order valence-corrected chi connectivity index (χ0v) is 10.3. The Bertz CT molecular complexity index is 276. The number of hydrogen-bond acceptors (Lipinski definition) is 1. The molecule has 0 radical (unpaired) electrons. The highest BCUT2D eigenvalue weighted by molar-refractivity contribution is 9.09. The summed E-state index contributed by atoms with van der Waals surface area (Å²) in [6.07, 6.45) is 4.09. The van der Waals surface area contributed by atoms with Crippen molar-refractivity contribution in [2.75, 3.05) is 5.33 Å². The maximum Gasteiger partial charge on any atom is 0.0527 e. The topological polar surface area (TPSA) is 17.8 Å². The van der Waals surface area contributed by atoms with Crippen LogP contribution in [0.1, 0.15) is 39.3 Å². The van der Waals surface area contributed by atoms with E-state index >= 15 is 0 Å². The Morgan fingerprint density at radius 3 is 2.54 bits per heavy atom. The van der Waals surface area contributed by atoms with Gasteiger partial charge in [-0.15, -0.1) is 0 Å². The van der Waals surface area contributed by atoms with E-state index in [2.05, 4.69) is 54.9 Å². The Balaban J connectivity index is 2.91. The normalized spacial score (nSPS) is 12.5. The SMILES string of the molecule is CC(C)n1cc(C(C)(C)CBr)cn1. The van der Waals surface area contributed by atoms with Gasteiger partial charge in [-0.1, -0.05) is 29.8 Å². The van der Waals surface area contributed by atoms with E-state index in [1.165, 1.54) is 5.56 Å². The molecule has 13 heavy (non-hydrogen) atoms. The van der Waals surface area contributed by atoms with Gasteiger partial charge in [0.25, 0.3) is 0 Å². The molecule has 1 aromatic heterocycles. The molecule has 0 unspecified atom stereocenters. The molecule has 74 valence electrons. The fourth-order valence-corrected chi connectivity index (χ4v) is 1.37. The largest absolute Gasteiger partial charge is 0.270 e.